The number of carbonyl (C=O) groups is 1. The van der Waals surface area contributed by atoms with E-state index in [-0.39, 0.29) is 41.2 Å². The third kappa shape index (κ3) is 5.33. The van der Waals surface area contributed by atoms with Crippen LogP contribution in [0.15, 0.2) is 11.1 Å². The molecule has 0 spiro atoms. The molecule has 2 aromatic rings. The number of anilines is 1. The molecule has 0 bridgehead atoms. The molecule has 0 aliphatic carbocycles. The second kappa shape index (κ2) is 10.5. The van der Waals surface area contributed by atoms with Gasteiger partial charge in [0.25, 0.3) is 5.56 Å². The molecule has 11 nitrogen and oxygen atoms in total. The van der Waals surface area contributed by atoms with Crippen molar-refractivity contribution in [1.29, 1.82) is 5.26 Å². The summed E-state index contributed by atoms with van der Waals surface area (Å²) in [7, 11) is -1.10. The Morgan fingerprint density at radius 3 is 2.84 bits per heavy atom. The minimum absolute atomic E-state index is 0.0766. The molecule has 1 fully saturated rings. The number of amides is 1. The minimum atomic E-state index is -1.10. The summed E-state index contributed by atoms with van der Waals surface area (Å²) < 4.78 is 19.3. The molecule has 32 heavy (non-hydrogen) atoms. The number of fused-ring (bicyclic) bond motifs is 1. The summed E-state index contributed by atoms with van der Waals surface area (Å²) in [6.45, 7) is 10.2. The van der Waals surface area contributed by atoms with E-state index in [4.69, 9.17) is 19.0 Å². The fourth-order valence-electron chi connectivity index (χ4n) is 3.40. The van der Waals surface area contributed by atoms with Gasteiger partial charge >= 0.3 is 0 Å². The maximum atomic E-state index is 12.5. The third-order valence-electron chi connectivity index (χ3n) is 5.56. The number of hydrogen-bond acceptors (Lipinski definition) is 8. The van der Waals surface area contributed by atoms with Gasteiger partial charge < -0.3 is 13.8 Å². The molecule has 12 heteroatoms. The molecule has 5 unspecified atom stereocenters. The molecular formula is C20H29N6O5P. The average molecular weight is 464 g/mol. The monoisotopic (exact) mass is 464 g/mol. The summed E-state index contributed by atoms with van der Waals surface area (Å²) in [5.74, 6) is -0.162. The molecule has 1 saturated heterocycles. The Labute approximate surface area is 187 Å². The van der Waals surface area contributed by atoms with Gasteiger partial charge in [-0.2, -0.15) is 10.2 Å². The highest BCUT2D eigenvalue weighted by Gasteiger charge is 2.41. The van der Waals surface area contributed by atoms with E-state index in [2.05, 4.69) is 34.1 Å². The topological polar surface area (TPSA) is 144 Å². The van der Waals surface area contributed by atoms with Crippen molar-refractivity contribution in [2.24, 2.45) is 17.8 Å². The van der Waals surface area contributed by atoms with Crippen molar-refractivity contribution in [3.8, 4) is 6.07 Å². The Kier molecular flexibility index (Phi) is 7.96. The summed E-state index contributed by atoms with van der Waals surface area (Å²) in [4.78, 5) is 35.7. The summed E-state index contributed by atoms with van der Waals surface area (Å²) in [6.07, 6.45) is 1.29. The number of ether oxygens (including phenoxy) is 1. The van der Waals surface area contributed by atoms with E-state index in [0.717, 1.165) is 0 Å². The molecule has 5 atom stereocenters. The van der Waals surface area contributed by atoms with Crippen LogP contribution >= 0.6 is 8.38 Å². The number of nitrogens with zero attached hydrogens (tertiary/aromatic N) is 4. The first kappa shape index (κ1) is 24.3. The van der Waals surface area contributed by atoms with Crippen LogP contribution < -0.4 is 10.9 Å². The molecule has 3 heterocycles. The number of H-pyrrole nitrogens is 1. The number of aromatic amines is 1. The van der Waals surface area contributed by atoms with Gasteiger partial charge in [-0.1, -0.05) is 27.7 Å². The molecule has 1 aliphatic heterocycles. The number of rotatable bonds is 9. The molecule has 1 amide bonds. The Balaban J connectivity index is 1.76. The zero-order chi connectivity index (χ0) is 23.4. The quantitative estimate of drug-likeness (QED) is 0.426. The fourth-order valence-corrected chi connectivity index (χ4v) is 4.18. The number of aromatic nitrogens is 4. The number of hydrogen-bond donors (Lipinski definition) is 2. The Hall–Kier alpha value is -2.38. The molecular weight excluding hydrogens is 435 g/mol. The molecule has 2 aromatic heterocycles. The van der Waals surface area contributed by atoms with Gasteiger partial charge in [-0.05, 0) is 5.92 Å². The number of carbonyl (C=O) groups excluding carboxylic acids is 1. The number of imidazole rings is 1. The average Bonchev–Trinajstić information content (AvgIpc) is 3.28. The summed E-state index contributed by atoms with van der Waals surface area (Å²) in [5, 5.41) is 11.2. The highest BCUT2D eigenvalue weighted by Crippen LogP contribution is 2.42. The molecule has 0 saturated carbocycles. The van der Waals surface area contributed by atoms with Crippen molar-refractivity contribution in [2.45, 2.75) is 46.4 Å². The van der Waals surface area contributed by atoms with Crippen LogP contribution in [0.4, 0.5) is 5.95 Å². The maximum Gasteiger partial charge on any atom is 0.280 e. The maximum absolute atomic E-state index is 12.5. The van der Waals surface area contributed by atoms with Crippen LogP contribution in [-0.2, 0) is 18.6 Å². The van der Waals surface area contributed by atoms with Gasteiger partial charge in [0.15, 0.2) is 19.5 Å². The third-order valence-corrected chi connectivity index (χ3v) is 6.62. The lowest BCUT2D eigenvalue weighted by molar-refractivity contribution is -0.118. The van der Waals surface area contributed by atoms with E-state index in [1.54, 1.807) is 18.4 Å². The van der Waals surface area contributed by atoms with Gasteiger partial charge in [-0.25, -0.2) is 4.98 Å². The number of nitriles is 1. The van der Waals surface area contributed by atoms with Crippen LogP contribution in [0.25, 0.3) is 11.2 Å². The van der Waals surface area contributed by atoms with Crippen LogP contribution in [0.1, 0.15) is 40.3 Å². The van der Waals surface area contributed by atoms with E-state index in [1.165, 1.54) is 6.33 Å². The van der Waals surface area contributed by atoms with Gasteiger partial charge in [0.05, 0.1) is 38.1 Å². The van der Waals surface area contributed by atoms with Gasteiger partial charge in [-0.15, -0.1) is 0 Å². The zero-order valence-electron chi connectivity index (χ0n) is 18.9. The van der Waals surface area contributed by atoms with E-state index < -0.39 is 20.2 Å². The van der Waals surface area contributed by atoms with Crippen molar-refractivity contribution in [2.75, 3.05) is 25.2 Å². The van der Waals surface area contributed by atoms with Gasteiger partial charge in [0, 0.05) is 18.5 Å². The van der Waals surface area contributed by atoms with Crippen molar-refractivity contribution >= 4 is 31.4 Å². The molecule has 3 rings (SSSR count). The summed E-state index contributed by atoms with van der Waals surface area (Å²) in [6, 6.07) is 2.04. The van der Waals surface area contributed by atoms with Crippen LogP contribution in [0.2, 0.25) is 0 Å². The van der Waals surface area contributed by atoms with E-state index in [0.29, 0.717) is 25.3 Å². The highest BCUT2D eigenvalue weighted by atomic mass is 31.2. The smallest absolute Gasteiger partial charge is 0.280 e. The fraction of sp³-hybridized carbons (Fsp3) is 0.650. The summed E-state index contributed by atoms with van der Waals surface area (Å²) in [5.41, 5.74) is 0.0900. The first-order chi connectivity index (χ1) is 15.2. The second-order valence-electron chi connectivity index (χ2n) is 8.14. The lowest BCUT2D eigenvalue weighted by Crippen LogP contribution is -2.23. The first-order valence-electron chi connectivity index (χ1n) is 10.5. The van der Waals surface area contributed by atoms with Crippen LogP contribution in [0, 0.1) is 29.1 Å². The Bertz CT molecular complexity index is 1050. The second-order valence-corrected chi connectivity index (χ2v) is 9.54. The lowest BCUT2D eigenvalue weighted by atomic mass is 9.93. The van der Waals surface area contributed by atoms with Gasteiger partial charge in [-0.3, -0.25) is 24.5 Å². The lowest BCUT2D eigenvalue weighted by Gasteiger charge is -2.19. The molecule has 2 N–H and O–H groups in total. The van der Waals surface area contributed by atoms with Gasteiger partial charge in [0.2, 0.25) is 11.9 Å². The van der Waals surface area contributed by atoms with Crippen LogP contribution in [0.3, 0.4) is 0 Å². The Morgan fingerprint density at radius 1 is 1.41 bits per heavy atom. The molecule has 1 aliphatic rings. The molecule has 0 aromatic carbocycles. The standard InChI is InChI=1S/C20H29N6O5P/c1-11(2)17(27)24-20-23-16-15(18(28)25-20)22-10-26(16)19-13(4)12(3)14(31-19)9-30-32(5)29-8-6-7-21/h10-14,19H,6,8-9H2,1-5H3,(H2,23,24,25,27,28). The van der Waals surface area contributed by atoms with E-state index >= 15 is 0 Å². The van der Waals surface area contributed by atoms with Gasteiger partial charge in [0.1, 0.15) is 6.23 Å². The predicted octanol–water partition coefficient (Wildman–Crippen LogP) is 2.77. The minimum Gasteiger partial charge on any atom is -0.352 e. The van der Waals surface area contributed by atoms with Crippen molar-refractivity contribution < 1.29 is 18.6 Å². The predicted molar refractivity (Wildman–Crippen MR) is 119 cm³/mol. The van der Waals surface area contributed by atoms with Crippen molar-refractivity contribution in [3.63, 3.8) is 0 Å². The molecule has 0 radical (unpaired) electrons. The SMILES string of the molecule is CC(C)C(=O)Nc1nc2c(ncn2C2OC(COP(C)OCCC#N)C(C)C2C)c(=O)[nH]1. The summed E-state index contributed by atoms with van der Waals surface area (Å²) >= 11 is 0. The van der Waals surface area contributed by atoms with E-state index in [9.17, 15) is 9.59 Å². The van der Waals surface area contributed by atoms with Crippen LogP contribution in [0.5, 0.6) is 0 Å². The highest BCUT2D eigenvalue weighted by molar-refractivity contribution is 7.46. The largest absolute Gasteiger partial charge is 0.352 e. The molecule has 174 valence electrons. The van der Waals surface area contributed by atoms with E-state index in [1.807, 2.05) is 12.7 Å². The van der Waals surface area contributed by atoms with Crippen molar-refractivity contribution in [1.82, 2.24) is 19.5 Å². The number of nitrogens with one attached hydrogen (secondary N) is 2. The normalized spacial score (nSPS) is 24.0. The van der Waals surface area contributed by atoms with Crippen molar-refractivity contribution in [3.05, 3.63) is 16.7 Å². The zero-order valence-corrected chi connectivity index (χ0v) is 19.8. The Morgan fingerprint density at radius 2 is 2.16 bits per heavy atom. The van der Waals surface area contributed by atoms with Crippen LogP contribution in [-0.4, -0.2) is 51.4 Å². The first-order valence-corrected chi connectivity index (χ1v) is 12.1.